The maximum atomic E-state index is 6.78. The number of fused-ring (bicyclic) bond motifs is 6. The maximum absolute atomic E-state index is 6.78. The van der Waals surface area contributed by atoms with Gasteiger partial charge in [-0.25, -0.2) is 4.98 Å². The van der Waals surface area contributed by atoms with E-state index in [0.29, 0.717) is 0 Å². The van der Waals surface area contributed by atoms with Crippen LogP contribution >= 0.6 is 0 Å². The van der Waals surface area contributed by atoms with Gasteiger partial charge in [0.2, 0.25) is 0 Å². The Hall–Kier alpha value is -7.54. The fourth-order valence-corrected chi connectivity index (χ4v) is 14.3. The van der Waals surface area contributed by atoms with Crippen molar-refractivity contribution < 1.29 is 4.74 Å². The first-order chi connectivity index (χ1) is 28.8. The number of ether oxygens (including phenoxy) is 1. The molecule has 1 aliphatic rings. The number of para-hydroxylation sites is 2. The summed E-state index contributed by atoms with van der Waals surface area (Å²) in [6, 6.07) is 73.6. The molecule has 0 unspecified atom stereocenters. The van der Waals surface area contributed by atoms with Gasteiger partial charge in [-0.1, -0.05) is 133 Å². The third kappa shape index (κ3) is 5.30. The molecule has 0 N–H and O–H groups in total. The van der Waals surface area contributed by atoms with Gasteiger partial charge >= 0.3 is 0 Å². The standard InChI is InChI=1S/C52H36N4OSi/c1-4-18-38(19-5-1)55-46-27-11-10-25-43(46)44-30-31-47-52(51(44)55)58(41-21-6-2-7-22-41,42-23-8-3-9-24-42)49-32-29-40(36-48(49)56(47)50-28-13-15-34-54-50)57-39-20-16-17-37(35-39)45-26-12-14-33-53-45/h1-36H. The molecular formula is C52H36N4OSi. The van der Waals surface area contributed by atoms with Crippen molar-refractivity contribution in [3.63, 3.8) is 0 Å². The van der Waals surface area contributed by atoms with E-state index < -0.39 is 8.07 Å². The second kappa shape index (κ2) is 13.9. The zero-order chi connectivity index (χ0) is 38.5. The Balaban J connectivity index is 1.26. The minimum absolute atomic E-state index is 0.741. The van der Waals surface area contributed by atoms with Crippen molar-refractivity contribution in [1.29, 1.82) is 0 Å². The normalized spacial score (nSPS) is 12.9. The number of anilines is 3. The average Bonchev–Trinajstić information content (AvgIpc) is 3.64. The topological polar surface area (TPSA) is 43.2 Å². The number of rotatable bonds is 7. The Bertz CT molecular complexity index is 3040. The van der Waals surface area contributed by atoms with Crippen LogP contribution in [0.4, 0.5) is 17.2 Å². The van der Waals surface area contributed by atoms with Crippen LogP contribution < -0.4 is 30.4 Å². The molecule has 7 aromatic carbocycles. The minimum Gasteiger partial charge on any atom is -0.457 e. The Morgan fingerprint density at radius 3 is 1.86 bits per heavy atom. The van der Waals surface area contributed by atoms with E-state index in [2.05, 4.69) is 184 Å². The molecule has 3 aromatic heterocycles. The SMILES string of the molecule is c1ccc(-n2c3ccccc3c3ccc4c(c32)[Si](c2ccccc2)(c2ccccc2)c2ccc(Oc3cccc(-c5ccccn5)c3)cc2N4c2ccccn2)cc1. The zero-order valence-electron chi connectivity index (χ0n) is 31.5. The first kappa shape index (κ1) is 33.8. The lowest BCUT2D eigenvalue weighted by atomic mass is 10.1. The molecule has 0 radical (unpaired) electrons. The molecule has 0 saturated carbocycles. The van der Waals surface area contributed by atoms with Gasteiger partial charge in [-0.15, -0.1) is 0 Å². The first-order valence-corrected chi connectivity index (χ1v) is 21.6. The quantitative estimate of drug-likeness (QED) is 0.152. The van der Waals surface area contributed by atoms with E-state index in [4.69, 9.17) is 9.72 Å². The molecule has 58 heavy (non-hydrogen) atoms. The number of nitrogens with zero attached hydrogens (tertiary/aromatic N) is 4. The van der Waals surface area contributed by atoms with Gasteiger partial charge in [0.1, 0.15) is 17.3 Å². The average molecular weight is 761 g/mol. The van der Waals surface area contributed by atoms with Crippen LogP contribution in [0.3, 0.4) is 0 Å². The third-order valence-electron chi connectivity index (χ3n) is 11.4. The van der Waals surface area contributed by atoms with Gasteiger partial charge in [-0.2, -0.15) is 0 Å². The van der Waals surface area contributed by atoms with Crippen molar-refractivity contribution in [1.82, 2.24) is 14.5 Å². The van der Waals surface area contributed by atoms with Gasteiger partial charge in [0, 0.05) is 45.7 Å². The van der Waals surface area contributed by atoms with Gasteiger partial charge in [0.25, 0.3) is 0 Å². The monoisotopic (exact) mass is 760 g/mol. The van der Waals surface area contributed by atoms with Crippen molar-refractivity contribution >= 4 is 67.8 Å². The van der Waals surface area contributed by atoms with Crippen LogP contribution in [-0.2, 0) is 0 Å². The Morgan fingerprint density at radius 2 is 1.14 bits per heavy atom. The number of benzene rings is 7. The van der Waals surface area contributed by atoms with E-state index in [1.807, 2.05) is 48.8 Å². The summed E-state index contributed by atoms with van der Waals surface area (Å²) in [5, 5.41) is 7.63. The highest BCUT2D eigenvalue weighted by Crippen LogP contribution is 2.43. The fraction of sp³-hybridized carbons (Fsp3) is 0. The summed E-state index contributed by atoms with van der Waals surface area (Å²) >= 11 is 0. The van der Waals surface area contributed by atoms with Crippen LogP contribution in [0.5, 0.6) is 11.5 Å². The van der Waals surface area contributed by atoms with Crippen molar-refractivity contribution in [3.05, 3.63) is 219 Å². The van der Waals surface area contributed by atoms with E-state index in [1.54, 1.807) is 0 Å². The molecule has 0 spiro atoms. The molecule has 0 atom stereocenters. The van der Waals surface area contributed by atoms with Crippen LogP contribution in [0.25, 0.3) is 38.8 Å². The summed E-state index contributed by atoms with van der Waals surface area (Å²) < 4.78 is 9.27. The van der Waals surface area contributed by atoms with Crippen molar-refractivity contribution in [2.75, 3.05) is 4.90 Å². The predicted molar refractivity (Wildman–Crippen MR) is 240 cm³/mol. The summed E-state index contributed by atoms with van der Waals surface area (Å²) in [7, 11) is -3.16. The molecule has 10 aromatic rings. The summed E-state index contributed by atoms with van der Waals surface area (Å²) in [5.74, 6) is 2.32. The van der Waals surface area contributed by atoms with Gasteiger partial charge < -0.3 is 9.30 Å². The Labute approximate surface area is 337 Å². The number of hydrogen-bond donors (Lipinski definition) is 0. The van der Waals surface area contributed by atoms with E-state index >= 15 is 0 Å². The molecule has 4 heterocycles. The van der Waals surface area contributed by atoms with Gasteiger partial charge in [-0.3, -0.25) is 9.88 Å². The molecule has 0 amide bonds. The lowest BCUT2D eigenvalue weighted by Gasteiger charge is -2.45. The van der Waals surface area contributed by atoms with Crippen LogP contribution in [-0.4, -0.2) is 22.6 Å². The Morgan fingerprint density at radius 1 is 0.466 bits per heavy atom. The number of hydrogen-bond acceptors (Lipinski definition) is 4. The van der Waals surface area contributed by atoms with E-state index in [1.165, 1.54) is 42.6 Å². The molecule has 1 aliphatic heterocycles. The van der Waals surface area contributed by atoms with Crippen LogP contribution in [0.2, 0.25) is 0 Å². The summed E-state index contributed by atoms with van der Waals surface area (Å²) in [4.78, 5) is 12.0. The minimum atomic E-state index is -3.16. The summed E-state index contributed by atoms with van der Waals surface area (Å²) in [5.41, 5.74) is 7.56. The molecule has 0 saturated heterocycles. The highest BCUT2D eigenvalue weighted by Gasteiger charge is 2.51. The van der Waals surface area contributed by atoms with Crippen LogP contribution in [0.1, 0.15) is 0 Å². The maximum Gasteiger partial charge on any atom is 0.186 e. The van der Waals surface area contributed by atoms with E-state index in [0.717, 1.165) is 45.6 Å². The smallest absolute Gasteiger partial charge is 0.186 e. The molecule has 0 bridgehead atoms. The third-order valence-corrected chi connectivity index (χ3v) is 16.3. The first-order valence-electron chi connectivity index (χ1n) is 19.6. The molecule has 274 valence electrons. The van der Waals surface area contributed by atoms with Gasteiger partial charge in [0.15, 0.2) is 8.07 Å². The summed E-state index contributed by atoms with van der Waals surface area (Å²) in [6.07, 6.45) is 3.70. The molecular weight excluding hydrogens is 725 g/mol. The molecule has 0 fully saturated rings. The van der Waals surface area contributed by atoms with Gasteiger partial charge in [0.05, 0.1) is 28.1 Å². The molecule has 6 heteroatoms. The van der Waals surface area contributed by atoms with Gasteiger partial charge in [-0.05, 0) is 82.3 Å². The predicted octanol–water partition coefficient (Wildman–Crippen LogP) is 10.2. The molecule has 11 rings (SSSR count). The fourth-order valence-electron chi connectivity index (χ4n) is 9.05. The molecule has 5 nitrogen and oxygen atoms in total. The van der Waals surface area contributed by atoms with Crippen LogP contribution in [0, 0.1) is 0 Å². The van der Waals surface area contributed by atoms with Crippen LogP contribution in [0.15, 0.2) is 219 Å². The van der Waals surface area contributed by atoms with Crippen molar-refractivity contribution in [3.8, 4) is 28.4 Å². The van der Waals surface area contributed by atoms with E-state index in [-0.39, 0.29) is 0 Å². The number of aromatic nitrogens is 3. The molecule has 0 aliphatic carbocycles. The van der Waals surface area contributed by atoms with Crippen molar-refractivity contribution in [2.24, 2.45) is 0 Å². The second-order valence-electron chi connectivity index (χ2n) is 14.6. The highest BCUT2D eigenvalue weighted by atomic mass is 28.3. The second-order valence-corrected chi connectivity index (χ2v) is 18.3. The Kier molecular flexibility index (Phi) is 8.08. The lowest BCUT2D eigenvalue weighted by Crippen LogP contribution is -2.77. The largest absolute Gasteiger partial charge is 0.457 e. The van der Waals surface area contributed by atoms with E-state index in [9.17, 15) is 0 Å². The highest BCUT2D eigenvalue weighted by molar-refractivity contribution is 7.22. The lowest BCUT2D eigenvalue weighted by molar-refractivity contribution is 0.483. The zero-order valence-corrected chi connectivity index (χ0v) is 32.5. The summed E-state index contributed by atoms with van der Waals surface area (Å²) in [6.45, 7) is 0. The van der Waals surface area contributed by atoms with Crippen molar-refractivity contribution in [2.45, 2.75) is 0 Å². The number of pyridine rings is 2.